The fraction of sp³-hybridized carbons (Fsp3) is 0.440. The number of nitrogens with zero attached hydrogens (tertiary/aromatic N) is 2. The molecule has 0 unspecified atom stereocenters. The maximum atomic E-state index is 13.5. The van der Waals surface area contributed by atoms with Crippen LogP contribution in [0.4, 0.5) is 5.69 Å². The van der Waals surface area contributed by atoms with Crippen molar-refractivity contribution in [2.24, 2.45) is 5.92 Å². The van der Waals surface area contributed by atoms with Crippen LogP contribution in [-0.4, -0.2) is 57.1 Å². The van der Waals surface area contributed by atoms with Gasteiger partial charge in [0, 0.05) is 16.7 Å². The van der Waals surface area contributed by atoms with Crippen LogP contribution < -0.4 is 9.62 Å². The van der Waals surface area contributed by atoms with Gasteiger partial charge >= 0.3 is 0 Å². The van der Waals surface area contributed by atoms with Crippen molar-refractivity contribution < 1.29 is 18.0 Å². The van der Waals surface area contributed by atoms with Crippen molar-refractivity contribution in [1.82, 2.24) is 10.2 Å². The third-order valence-electron chi connectivity index (χ3n) is 5.35. The molecule has 7 nitrogen and oxygen atoms in total. The van der Waals surface area contributed by atoms with Gasteiger partial charge in [-0.1, -0.05) is 51.1 Å². The fourth-order valence-corrected chi connectivity index (χ4v) is 4.75. The quantitative estimate of drug-likeness (QED) is 0.378. The number of sulfonamides is 1. The molecule has 0 fully saturated rings. The van der Waals surface area contributed by atoms with Gasteiger partial charge in [-0.2, -0.15) is 0 Å². The van der Waals surface area contributed by atoms with E-state index in [1.165, 1.54) is 4.90 Å². The average Bonchev–Trinajstić information content (AvgIpc) is 2.79. The Kier molecular flexibility index (Phi) is 10.8. The highest BCUT2D eigenvalue weighted by Gasteiger charge is 2.31. The molecule has 2 aromatic carbocycles. The SMILES string of the molecule is CC[C@@H](C(=O)NCC(C)C)N(CCc1ccccc1)C(=O)CN(c1ccc(I)cc1)S(C)(=O)=O. The molecule has 9 heteroatoms. The smallest absolute Gasteiger partial charge is 0.244 e. The zero-order valence-corrected chi connectivity index (χ0v) is 23.2. The Morgan fingerprint density at radius 1 is 1.03 bits per heavy atom. The van der Waals surface area contributed by atoms with Crippen molar-refractivity contribution in [3.63, 3.8) is 0 Å². The van der Waals surface area contributed by atoms with Gasteiger partial charge in [0.15, 0.2) is 0 Å². The lowest BCUT2D eigenvalue weighted by Crippen LogP contribution is -2.53. The molecule has 2 amide bonds. The number of nitrogens with one attached hydrogen (secondary N) is 1. The van der Waals surface area contributed by atoms with E-state index in [2.05, 4.69) is 27.9 Å². The second-order valence-corrected chi connectivity index (χ2v) is 11.8. The summed E-state index contributed by atoms with van der Waals surface area (Å²) in [5.74, 6) is -0.360. The van der Waals surface area contributed by atoms with Crippen molar-refractivity contribution in [1.29, 1.82) is 0 Å². The minimum absolute atomic E-state index is 0.224. The van der Waals surface area contributed by atoms with E-state index in [1.54, 1.807) is 24.3 Å². The highest BCUT2D eigenvalue weighted by atomic mass is 127. The Hall–Kier alpha value is -2.14. The van der Waals surface area contributed by atoms with E-state index < -0.39 is 22.0 Å². The molecule has 2 aromatic rings. The molecule has 0 saturated heterocycles. The van der Waals surface area contributed by atoms with Crippen LogP contribution in [0, 0.1) is 9.49 Å². The minimum atomic E-state index is -3.72. The van der Waals surface area contributed by atoms with Crippen LogP contribution in [0.2, 0.25) is 0 Å². The monoisotopic (exact) mass is 599 g/mol. The summed E-state index contributed by atoms with van der Waals surface area (Å²) in [7, 11) is -3.72. The summed E-state index contributed by atoms with van der Waals surface area (Å²) >= 11 is 2.14. The lowest BCUT2D eigenvalue weighted by atomic mass is 10.1. The average molecular weight is 600 g/mol. The van der Waals surface area contributed by atoms with Gasteiger partial charge in [-0.15, -0.1) is 0 Å². The van der Waals surface area contributed by atoms with E-state index in [0.29, 0.717) is 31.6 Å². The first-order valence-corrected chi connectivity index (χ1v) is 14.3. The van der Waals surface area contributed by atoms with E-state index >= 15 is 0 Å². The molecule has 0 radical (unpaired) electrons. The molecule has 0 aliphatic heterocycles. The molecule has 34 heavy (non-hydrogen) atoms. The molecule has 0 aliphatic carbocycles. The maximum absolute atomic E-state index is 13.5. The fourth-order valence-electron chi connectivity index (χ4n) is 3.54. The van der Waals surface area contributed by atoms with Crippen LogP contribution in [0.15, 0.2) is 54.6 Å². The number of benzene rings is 2. The van der Waals surface area contributed by atoms with Gasteiger partial charge in [0.2, 0.25) is 21.8 Å². The van der Waals surface area contributed by atoms with E-state index in [1.807, 2.05) is 51.1 Å². The molecule has 0 heterocycles. The number of hydrogen-bond acceptors (Lipinski definition) is 4. The lowest BCUT2D eigenvalue weighted by molar-refractivity contribution is -0.139. The van der Waals surface area contributed by atoms with Crippen LogP contribution >= 0.6 is 22.6 Å². The summed E-state index contributed by atoms with van der Waals surface area (Å²) in [6.45, 7) is 6.31. The summed E-state index contributed by atoms with van der Waals surface area (Å²) in [6, 6.07) is 16.0. The Bertz CT molecular complexity index is 1040. The van der Waals surface area contributed by atoms with Gasteiger partial charge in [0.1, 0.15) is 12.6 Å². The number of anilines is 1. The van der Waals surface area contributed by atoms with Crippen LogP contribution in [0.5, 0.6) is 0 Å². The zero-order valence-electron chi connectivity index (χ0n) is 20.2. The Labute approximate surface area is 217 Å². The summed E-state index contributed by atoms with van der Waals surface area (Å²) in [6.07, 6.45) is 2.06. The molecule has 0 aliphatic rings. The second kappa shape index (κ2) is 13.1. The zero-order chi connectivity index (χ0) is 25.3. The first-order valence-electron chi connectivity index (χ1n) is 11.4. The number of carbonyl (C=O) groups is 2. The van der Waals surface area contributed by atoms with E-state index in [-0.39, 0.29) is 18.4 Å². The first kappa shape index (κ1) is 28.1. The van der Waals surface area contributed by atoms with Gasteiger partial charge in [0.25, 0.3) is 0 Å². The minimum Gasteiger partial charge on any atom is -0.354 e. The van der Waals surface area contributed by atoms with E-state index in [0.717, 1.165) is 19.7 Å². The van der Waals surface area contributed by atoms with E-state index in [9.17, 15) is 18.0 Å². The molecule has 1 atom stereocenters. The maximum Gasteiger partial charge on any atom is 0.244 e. The molecular weight excluding hydrogens is 565 g/mol. The molecule has 186 valence electrons. The van der Waals surface area contributed by atoms with Crippen LogP contribution in [0.3, 0.4) is 0 Å². The van der Waals surface area contributed by atoms with Gasteiger partial charge < -0.3 is 10.2 Å². The molecule has 0 spiro atoms. The highest BCUT2D eigenvalue weighted by molar-refractivity contribution is 14.1. The molecule has 1 N–H and O–H groups in total. The predicted octanol–water partition coefficient (Wildman–Crippen LogP) is 3.68. The van der Waals surface area contributed by atoms with Crippen LogP contribution in [-0.2, 0) is 26.0 Å². The van der Waals surface area contributed by atoms with Gasteiger partial charge in [-0.3, -0.25) is 13.9 Å². The van der Waals surface area contributed by atoms with Crippen molar-refractivity contribution in [2.45, 2.75) is 39.7 Å². The first-order chi connectivity index (χ1) is 16.0. The van der Waals surface area contributed by atoms with Gasteiger partial charge in [0.05, 0.1) is 11.9 Å². The largest absolute Gasteiger partial charge is 0.354 e. The predicted molar refractivity (Wildman–Crippen MR) is 145 cm³/mol. The summed E-state index contributed by atoms with van der Waals surface area (Å²) in [5.41, 5.74) is 1.45. The third kappa shape index (κ3) is 8.57. The Balaban J connectivity index is 2.32. The molecule has 2 rings (SSSR count). The Morgan fingerprint density at radius 3 is 2.18 bits per heavy atom. The Morgan fingerprint density at radius 2 is 1.65 bits per heavy atom. The molecule has 0 aromatic heterocycles. The topological polar surface area (TPSA) is 86.8 Å². The normalized spacial score (nSPS) is 12.3. The molecule has 0 saturated carbocycles. The molecular formula is C25H34IN3O4S. The second-order valence-electron chi connectivity index (χ2n) is 8.63. The van der Waals surface area contributed by atoms with Crippen molar-refractivity contribution in [3.05, 3.63) is 63.7 Å². The summed E-state index contributed by atoms with van der Waals surface area (Å²) in [5, 5.41) is 2.92. The van der Waals surface area contributed by atoms with Crippen molar-refractivity contribution in [3.8, 4) is 0 Å². The number of amides is 2. The summed E-state index contributed by atoms with van der Waals surface area (Å²) < 4.78 is 27.2. The van der Waals surface area contributed by atoms with E-state index in [4.69, 9.17) is 0 Å². The standard InChI is InChI=1S/C25H34IN3O4S/c1-5-23(25(31)27-17-19(2)3)28(16-15-20-9-7-6-8-10-20)24(30)18-29(34(4,32)33)22-13-11-21(26)12-14-22/h6-14,19,23H,5,15-18H2,1-4H3,(H,27,31)/t23-/m0/s1. The van der Waals surface area contributed by atoms with Crippen molar-refractivity contribution in [2.75, 3.05) is 30.2 Å². The number of hydrogen-bond donors (Lipinski definition) is 1. The van der Waals surface area contributed by atoms with Gasteiger partial charge in [-0.25, -0.2) is 8.42 Å². The molecule has 0 bridgehead atoms. The van der Waals surface area contributed by atoms with Crippen LogP contribution in [0.25, 0.3) is 0 Å². The lowest BCUT2D eigenvalue weighted by Gasteiger charge is -2.33. The third-order valence-corrected chi connectivity index (χ3v) is 7.21. The number of halogens is 1. The van der Waals surface area contributed by atoms with Crippen LogP contribution in [0.1, 0.15) is 32.8 Å². The van der Waals surface area contributed by atoms with Crippen molar-refractivity contribution >= 4 is 50.1 Å². The number of rotatable bonds is 12. The number of carbonyl (C=O) groups excluding carboxylic acids is 2. The summed E-state index contributed by atoms with van der Waals surface area (Å²) in [4.78, 5) is 28.1. The highest BCUT2D eigenvalue weighted by Crippen LogP contribution is 2.20. The van der Waals surface area contributed by atoms with Gasteiger partial charge in [-0.05, 0) is 71.2 Å².